The van der Waals surface area contributed by atoms with Gasteiger partial charge in [0.05, 0.1) is 38.3 Å². The molecule has 4 rings (SSSR count). The number of carbonyl (C=O) groups excluding carboxylic acids is 2. The highest BCUT2D eigenvalue weighted by atomic mass is 16.6. The molecule has 0 radical (unpaired) electrons. The molecule has 2 aromatic carbocycles. The van der Waals surface area contributed by atoms with Crippen molar-refractivity contribution in [1.82, 2.24) is 5.32 Å². The summed E-state index contributed by atoms with van der Waals surface area (Å²) in [6.07, 6.45) is 2.16. The molecule has 10 heteroatoms. The van der Waals surface area contributed by atoms with Crippen molar-refractivity contribution in [1.29, 1.82) is 0 Å². The van der Waals surface area contributed by atoms with Crippen molar-refractivity contribution in [2.24, 2.45) is 11.8 Å². The summed E-state index contributed by atoms with van der Waals surface area (Å²) in [6, 6.07) is 15.7. The molecular formula is C35H49NO9. The van der Waals surface area contributed by atoms with Gasteiger partial charge in [0.15, 0.2) is 0 Å². The molecule has 248 valence electrons. The van der Waals surface area contributed by atoms with Crippen molar-refractivity contribution in [3.8, 4) is 11.5 Å². The molecule has 2 fully saturated rings. The SMILES string of the molecule is COCCOCC(C)NC(=O)C1CCCCC1C(=O)OCC(O)COc1ccc(C(C)(C)c2ccc(OCC3CO3)cc2)cc1. The van der Waals surface area contributed by atoms with Gasteiger partial charge in [0.25, 0.3) is 0 Å². The third-order valence-corrected chi connectivity index (χ3v) is 8.44. The number of aliphatic hydroxyl groups excluding tert-OH is 1. The normalized spacial score (nSPS) is 21.0. The van der Waals surface area contributed by atoms with Gasteiger partial charge in [0.2, 0.25) is 5.91 Å². The molecule has 2 N–H and O–H groups in total. The Morgan fingerprint density at radius 2 is 1.51 bits per heavy atom. The first-order valence-electron chi connectivity index (χ1n) is 16.0. The van der Waals surface area contributed by atoms with Crippen molar-refractivity contribution in [3.05, 3.63) is 59.7 Å². The zero-order chi connectivity index (χ0) is 32.2. The van der Waals surface area contributed by atoms with E-state index in [4.69, 9.17) is 28.4 Å². The number of nitrogens with one attached hydrogen (secondary N) is 1. The molecule has 1 saturated carbocycles. The first-order chi connectivity index (χ1) is 21.7. The predicted octanol–water partition coefficient (Wildman–Crippen LogP) is 4.05. The van der Waals surface area contributed by atoms with Gasteiger partial charge in [0, 0.05) is 18.6 Å². The van der Waals surface area contributed by atoms with Gasteiger partial charge in [-0.15, -0.1) is 0 Å². The molecule has 0 bridgehead atoms. The summed E-state index contributed by atoms with van der Waals surface area (Å²) in [7, 11) is 1.61. The molecule has 0 spiro atoms. The van der Waals surface area contributed by atoms with Gasteiger partial charge >= 0.3 is 5.97 Å². The van der Waals surface area contributed by atoms with E-state index < -0.39 is 23.9 Å². The lowest BCUT2D eigenvalue weighted by atomic mass is 9.78. The maximum absolute atomic E-state index is 13.0. The minimum absolute atomic E-state index is 0.0292. The van der Waals surface area contributed by atoms with Crippen LogP contribution in [0.1, 0.15) is 57.6 Å². The number of aliphatic hydroxyl groups is 1. The lowest BCUT2D eigenvalue weighted by Crippen LogP contribution is -2.45. The van der Waals surface area contributed by atoms with Gasteiger partial charge in [0.1, 0.15) is 43.5 Å². The number of ether oxygens (including phenoxy) is 6. The molecule has 10 nitrogen and oxygen atoms in total. The monoisotopic (exact) mass is 627 g/mol. The molecule has 1 saturated heterocycles. The van der Waals surface area contributed by atoms with Crippen LogP contribution in [0, 0.1) is 11.8 Å². The van der Waals surface area contributed by atoms with Crippen molar-refractivity contribution < 1.29 is 43.1 Å². The summed E-state index contributed by atoms with van der Waals surface area (Å²) in [6.45, 7) is 8.61. The van der Waals surface area contributed by atoms with Crippen LogP contribution in [0.15, 0.2) is 48.5 Å². The minimum Gasteiger partial charge on any atom is -0.491 e. The highest BCUT2D eigenvalue weighted by molar-refractivity contribution is 5.85. The van der Waals surface area contributed by atoms with E-state index in [0.717, 1.165) is 36.3 Å². The average molecular weight is 628 g/mol. The van der Waals surface area contributed by atoms with E-state index >= 15 is 0 Å². The Kier molecular flexibility index (Phi) is 13.1. The molecule has 2 aliphatic rings. The molecule has 5 unspecified atom stereocenters. The van der Waals surface area contributed by atoms with E-state index in [-0.39, 0.29) is 36.7 Å². The number of amides is 1. The molecule has 5 atom stereocenters. The van der Waals surface area contributed by atoms with Crippen molar-refractivity contribution in [2.75, 3.05) is 53.4 Å². The second-order valence-corrected chi connectivity index (χ2v) is 12.5. The summed E-state index contributed by atoms with van der Waals surface area (Å²) >= 11 is 0. The van der Waals surface area contributed by atoms with E-state index in [1.54, 1.807) is 7.11 Å². The number of benzene rings is 2. The highest BCUT2D eigenvalue weighted by Gasteiger charge is 2.37. The Morgan fingerprint density at radius 1 is 0.911 bits per heavy atom. The summed E-state index contributed by atoms with van der Waals surface area (Å²) in [5.74, 6) is -0.188. The number of hydrogen-bond donors (Lipinski definition) is 2. The second-order valence-electron chi connectivity index (χ2n) is 12.5. The van der Waals surface area contributed by atoms with Crippen LogP contribution >= 0.6 is 0 Å². The Morgan fingerprint density at radius 3 is 2.11 bits per heavy atom. The molecule has 0 aromatic heterocycles. The number of esters is 1. The van der Waals surface area contributed by atoms with E-state index in [1.165, 1.54) is 0 Å². The maximum Gasteiger partial charge on any atom is 0.309 e. The van der Waals surface area contributed by atoms with Crippen LogP contribution in [-0.2, 0) is 34.0 Å². The van der Waals surface area contributed by atoms with Gasteiger partial charge in [-0.3, -0.25) is 9.59 Å². The lowest BCUT2D eigenvalue weighted by Gasteiger charge is -2.30. The van der Waals surface area contributed by atoms with Crippen molar-refractivity contribution >= 4 is 11.9 Å². The van der Waals surface area contributed by atoms with Crippen LogP contribution < -0.4 is 14.8 Å². The minimum atomic E-state index is -1.00. The van der Waals surface area contributed by atoms with E-state index in [0.29, 0.717) is 45.0 Å². The van der Waals surface area contributed by atoms with Gasteiger partial charge in [-0.1, -0.05) is 51.0 Å². The molecule has 2 aromatic rings. The Balaban J connectivity index is 1.20. The van der Waals surface area contributed by atoms with E-state index in [1.807, 2.05) is 43.3 Å². The van der Waals surface area contributed by atoms with Gasteiger partial charge in [-0.25, -0.2) is 0 Å². The van der Waals surface area contributed by atoms with Crippen LogP contribution in [-0.4, -0.2) is 88.6 Å². The Bertz CT molecular complexity index is 1200. The van der Waals surface area contributed by atoms with Gasteiger partial charge in [-0.05, 0) is 55.2 Å². The van der Waals surface area contributed by atoms with Gasteiger partial charge in [-0.2, -0.15) is 0 Å². The Hall–Kier alpha value is -3.18. The number of carbonyl (C=O) groups is 2. The maximum atomic E-state index is 13.0. The number of methoxy groups -OCH3 is 1. The fraction of sp³-hybridized carbons (Fsp3) is 0.600. The lowest BCUT2D eigenvalue weighted by molar-refractivity contribution is -0.158. The van der Waals surface area contributed by atoms with Crippen LogP contribution in [0.4, 0.5) is 0 Å². The summed E-state index contributed by atoms with van der Waals surface area (Å²) in [4.78, 5) is 25.9. The molecule has 1 aliphatic carbocycles. The second kappa shape index (κ2) is 16.9. The fourth-order valence-electron chi connectivity index (χ4n) is 5.50. The van der Waals surface area contributed by atoms with Crippen LogP contribution in [0.3, 0.4) is 0 Å². The zero-order valence-electron chi connectivity index (χ0n) is 27.0. The summed E-state index contributed by atoms with van der Waals surface area (Å²) < 4.78 is 32.7. The molecular weight excluding hydrogens is 578 g/mol. The first-order valence-corrected chi connectivity index (χ1v) is 16.0. The highest BCUT2D eigenvalue weighted by Crippen LogP contribution is 2.34. The number of epoxide rings is 1. The molecule has 1 amide bonds. The third-order valence-electron chi connectivity index (χ3n) is 8.44. The summed E-state index contributed by atoms with van der Waals surface area (Å²) in [5.41, 5.74) is 2.03. The largest absolute Gasteiger partial charge is 0.491 e. The number of rotatable bonds is 18. The Labute approximate surface area is 266 Å². The summed E-state index contributed by atoms with van der Waals surface area (Å²) in [5, 5.41) is 13.4. The molecule has 1 aliphatic heterocycles. The van der Waals surface area contributed by atoms with Crippen molar-refractivity contribution in [3.63, 3.8) is 0 Å². The standard InChI is InChI=1S/C35H49NO9/c1-24(19-41-18-17-40-4)36-33(38)31-7-5-6-8-32(31)34(39)45-21-27(37)20-42-28-13-9-25(10-14-28)35(2,3)26-11-15-29(16-12-26)43-22-30-23-44-30/h9-16,24,27,30-32,37H,5-8,17-23H2,1-4H3,(H,36,38). The van der Waals surface area contributed by atoms with Crippen LogP contribution in [0.5, 0.6) is 11.5 Å². The zero-order valence-corrected chi connectivity index (χ0v) is 27.0. The van der Waals surface area contributed by atoms with E-state index in [9.17, 15) is 14.7 Å². The van der Waals surface area contributed by atoms with E-state index in [2.05, 4.69) is 31.3 Å². The third kappa shape index (κ3) is 10.7. The van der Waals surface area contributed by atoms with Gasteiger partial charge < -0.3 is 38.8 Å². The topological polar surface area (TPSA) is 125 Å². The van der Waals surface area contributed by atoms with Crippen molar-refractivity contribution in [2.45, 2.75) is 70.1 Å². The first kappa shape index (κ1) is 34.7. The quantitative estimate of drug-likeness (QED) is 0.143. The molecule has 1 heterocycles. The predicted molar refractivity (Wildman–Crippen MR) is 168 cm³/mol. The molecule has 45 heavy (non-hydrogen) atoms. The van der Waals surface area contributed by atoms with Crippen LogP contribution in [0.25, 0.3) is 0 Å². The average Bonchev–Trinajstić information content (AvgIpc) is 3.89. The van der Waals surface area contributed by atoms with Crippen LogP contribution in [0.2, 0.25) is 0 Å². The fourth-order valence-corrected chi connectivity index (χ4v) is 5.50. The number of hydrogen-bond acceptors (Lipinski definition) is 9. The smallest absolute Gasteiger partial charge is 0.309 e.